The van der Waals surface area contributed by atoms with E-state index in [1.165, 1.54) is 4.70 Å². The first-order valence-corrected chi connectivity index (χ1v) is 6.22. The van der Waals surface area contributed by atoms with Gasteiger partial charge in [0.1, 0.15) is 0 Å². The van der Waals surface area contributed by atoms with Crippen LogP contribution in [-0.2, 0) is 0 Å². The van der Waals surface area contributed by atoms with E-state index in [1.54, 1.807) is 11.3 Å². The van der Waals surface area contributed by atoms with Crippen LogP contribution in [0.2, 0.25) is 0 Å². The first kappa shape index (κ1) is 10.9. The lowest BCUT2D eigenvalue weighted by molar-refractivity contribution is 0.785. The SMILES string of the molecule is N#CCCCCNc1ccc2ncsc2c1. The zero-order valence-electron chi connectivity index (χ0n) is 8.94. The van der Waals surface area contributed by atoms with Gasteiger partial charge in [-0.25, -0.2) is 4.98 Å². The largest absolute Gasteiger partial charge is 0.385 e. The van der Waals surface area contributed by atoms with Gasteiger partial charge < -0.3 is 5.32 Å². The van der Waals surface area contributed by atoms with Gasteiger partial charge in [0.05, 0.1) is 21.8 Å². The van der Waals surface area contributed by atoms with Crippen LogP contribution in [0.5, 0.6) is 0 Å². The first-order chi connectivity index (χ1) is 7.90. The number of unbranched alkanes of at least 4 members (excludes halogenated alkanes) is 2. The van der Waals surface area contributed by atoms with Gasteiger partial charge in [-0.05, 0) is 31.0 Å². The van der Waals surface area contributed by atoms with E-state index >= 15 is 0 Å². The number of thiazole rings is 1. The summed E-state index contributed by atoms with van der Waals surface area (Å²) >= 11 is 1.65. The van der Waals surface area contributed by atoms with Crippen molar-refractivity contribution >= 4 is 27.2 Å². The number of aromatic nitrogens is 1. The number of fused-ring (bicyclic) bond motifs is 1. The monoisotopic (exact) mass is 231 g/mol. The Labute approximate surface area is 98.7 Å². The van der Waals surface area contributed by atoms with Crippen molar-refractivity contribution in [2.24, 2.45) is 0 Å². The van der Waals surface area contributed by atoms with Crippen LogP contribution in [0.15, 0.2) is 23.7 Å². The summed E-state index contributed by atoms with van der Waals surface area (Å²) in [4.78, 5) is 4.24. The predicted octanol–water partition coefficient (Wildman–Crippen LogP) is 3.40. The van der Waals surface area contributed by atoms with E-state index in [1.807, 2.05) is 17.6 Å². The van der Waals surface area contributed by atoms with Crippen molar-refractivity contribution in [3.63, 3.8) is 0 Å². The van der Waals surface area contributed by atoms with Gasteiger partial charge in [0.15, 0.2) is 0 Å². The number of nitrogens with zero attached hydrogens (tertiary/aromatic N) is 2. The molecule has 0 aliphatic heterocycles. The second kappa shape index (κ2) is 5.47. The van der Waals surface area contributed by atoms with Crippen molar-refractivity contribution in [1.29, 1.82) is 5.26 Å². The summed E-state index contributed by atoms with van der Waals surface area (Å²) in [5.41, 5.74) is 4.05. The Hall–Kier alpha value is -1.60. The van der Waals surface area contributed by atoms with E-state index in [0.29, 0.717) is 6.42 Å². The van der Waals surface area contributed by atoms with Crippen molar-refractivity contribution in [3.05, 3.63) is 23.7 Å². The molecule has 1 N–H and O–H groups in total. The summed E-state index contributed by atoms with van der Waals surface area (Å²) in [6, 6.07) is 8.35. The summed E-state index contributed by atoms with van der Waals surface area (Å²) in [7, 11) is 0. The maximum absolute atomic E-state index is 8.40. The average molecular weight is 231 g/mol. The minimum absolute atomic E-state index is 0.648. The third-order valence-electron chi connectivity index (χ3n) is 2.38. The summed E-state index contributed by atoms with van der Waals surface area (Å²) in [6.45, 7) is 0.923. The molecule has 0 unspecified atom stereocenters. The number of nitriles is 1. The van der Waals surface area contributed by atoms with Gasteiger partial charge in [-0.3, -0.25) is 0 Å². The number of benzene rings is 1. The molecular weight excluding hydrogens is 218 g/mol. The van der Waals surface area contributed by atoms with E-state index < -0.39 is 0 Å². The van der Waals surface area contributed by atoms with E-state index in [0.717, 1.165) is 30.6 Å². The van der Waals surface area contributed by atoms with Gasteiger partial charge in [0.2, 0.25) is 0 Å². The van der Waals surface area contributed by atoms with Crippen molar-refractivity contribution < 1.29 is 0 Å². The highest BCUT2D eigenvalue weighted by Crippen LogP contribution is 2.21. The first-order valence-electron chi connectivity index (χ1n) is 5.34. The third-order valence-corrected chi connectivity index (χ3v) is 3.17. The Kier molecular flexibility index (Phi) is 3.73. The molecule has 3 nitrogen and oxygen atoms in total. The van der Waals surface area contributed by atoms with E-state index in [2.05, 4.69) is 22.4 Å². The highest BCUT2D eigenvalue weighted by Gasteiger charge is 1.97. The van der Waals surface area contributed by atoms with Crippen LogP contribution in [0.3, 0.4) is 0 Å². The molecule has 0 saturated heterocycles. The van der Waals surface area contributed by atoms with Gasteiger partial charge in [0.25, 0.3) is 0 Å². The third kappa shape index (κ3) is 2.71. The molecule has 0 amide bonds. The second-order valence-electron chi connectivity index (χ2n) is 3.58. The molecule has 1 aromatic heterocycles. The smallest absolute Gasteiger partial charge is 0.0813 e. The fourth-order valence-electron chi connectivity index (χ4n) is 1.53. The number of rotatable bonds is 5. The lowest BCUT2D eigenvalue weighted by atomic mass is 10.2. The molecule has 2 rings (SSSR count). The fraction of sp³-hybridized carbons (Fsp3) is 0.333. The second-order valence-corrected chi connectivity index (χ2v) is 4.46. The lowest BCUT2D eigenvalue weighted by Gasteiger charge is -2.04. The molecule has 16 heavy (non-hydrogen) atoms. The zero-order valence-corrected chi connectivity index (χ0v) is 9.76. The normalized spacial score (nSPS) is 10.2. The molecule has 1 aromatic carbocycles. The van der Waals surface area contributed by atoms with E-state index in [9.17, 15) is 0 Å². The Morgan fingerprint density at radius 3 is 3.19 bits per heavy atom. The van der Waals surface area contributed by atoms with Gasteiger partial charge in [-0.1, -0.05) is 0 Å². The number of anilines is 1. The lowest BCUT2D eigenvalue weighted by Crippen LogP contribution is -2.00. The summed E-state index contributed by atoms with van der Waals surface area (Å²) < 4.78 is 1.21. The van der Waals surface area contributed by atoms with Crippen LogP contribution >= 0.6 is 11.3 Å². The molecule has 0 bridgehead atoms. The van der Waals surface area contributed by atoms with Crippen LogP contribution in [-0.4, -0.2) is 11.5 Å². The molecule has 0 fully saturated rings. The molecule has 1 heterocycles. The maximum atomic E-state index is 8.40. The van der Waals surface area contributed by atoms with Crippen molar-refractivity contribution in [1.82, 2.24) is 4.98 Å². The summed E-state index contributed by atoms with van der Waals surface area (Å²) in [6.07, 6.45) is 2.65. The van der Waals surface area contributed by atoms with Crippen molar-refractivity contribution in [3.8, 4) is 6.07 Å². The number of hydrogen-bond acceptors (Lipinski definition) is 4. The minimum atomic E-state index is 0.648. The highest BCUT2D eigenvalue weighted by molar-refractivity contribution is 7.16. The van der Waals surface area contributed by atoms with E-state index in [4.69, 9.17) is 5.26 Å². The Bertz CT molecular complexity index is 498. The minimum Gasteiger partial charge on any atom is -0.385 e. The molecule has 2 aromatic rings. The fourth-order valence-corrected chi connectivity index (χ4v) is 2.24. The van der Waals surface area contributed by atoms with Crippen LogP contribution in [0.25, 0.3) is 10.2 Å². The van der Waals surface area contributed by atoms with Crippen LogP contribution in [0.1, 0.15) is 19.3 Å². The highest BCUT2D eigenvalue weighted by atomic mass is 32.1. The quantitative estimate of drug-likeness (QED) is 0.802. The molecule has 82 valence electrons. The molecule has 0 saturated carbocycles. The Balaban J connectivity index is 1.87. The zero-order chi connectivity index (χ0) is 11.2. The van der Waals surface area contributed by atoms with Gasteiger partial charge in [0, 0.05) is 18.7 Å². The molecule has 0 aliphatic carbocycles. The maximum Gasteiger partial charge on any atom is 0.0813 e. The predicted molar refractivity (Wildman–Crippen MR) is 67.6 cm³/mol. The van der Waals surface area contributed by atoms with Gasteiger partial charge >= 0.3 is 0 Å². The summed E-state index contributed by atoms with van der Waals surface area (Å²) in [5, 5.41) is 11.8. The Morgan fingerprint density at radius 1 is 1.38 bits per heavy atom. The molecular formula is C12H13N3S. The number of hydrogen-bond donors (Lipinski definition) is 1. The average Bonchev–Trinajstić information content (AvgIpc) is 2.76. The van der Waals surface area contributed by atoms with Crippen molar-refractivity contribution in [2.75, 3.05) is 11.9 Å². The Morgan fingerprint density at radius 2 is 2.31 bits per heavy atom. The molecule has 0 radical (unpaired) electrons. The standard InChI is InChI=1S/C12H13N3S/c13-6-2-1-3-7-14-10-4-5-11-12(8-10)16-9-15-11/h4-5,8-9,14H,1-3,7H2. The van der Waals surface area contributed by atoms with Crippen molar-refractivity contribution in [2.45, 2.75) is 19.3 Å². The van der Waals surface area contributed by atoms with Crippen LogP contribution < -0.4 is 5.32 Å². The van der Waals surface area contributed by atoms with Crippen LogP contribution in [0.4, 0.5) is 5.69 Å². The molecule has 0 aliphatic rings. The summed E-state index contributed by atoms with van der Waals surface area (Å²) in [5.74, 6) is 0. The topological polar surface area (TPSA) is 48.7 Å². The molecule has 0 atom stereocenters. The number of nitrogens with one attached hydrogen (secondary N) is 1. The van der Waals surface area contributed by atoms with Gasteiger partial charge in [-0.2, -0.15) is 5.26 Å². The molecule has 4 heteroatoms. The van der Waals surface area contributed by atoms with Crippen LogP contribution in [0, 0.1) is 11.3 Å². The van der Waals surface area contributed by atoms with Gasteiger partial charge in [-0.15, -0.1) is 11.3 Å². The van der Waals surface area contributed by atoms with E-state index in [-0.39, 0.29) is 0 Å². The molecule has 0 spiro atoms.